The molecule has 1 amide bonds. The van der Waals surface area contributed by atoms with Crippen LogP contribution in [0.15, 0.2) is 58.8 Å². The summed E-state index contributed by atoms with van der Waals surface area (Å²) in [5.74, 6) is -0.347. The van der Waals surface area contributed by atoms with E-state index in [9.17, 15) is 9.59 Å². The number of nitrogens with zero attached hydrogens (tertiary/aromatic N) is 3. The van der Waals surface area contributed by atoms with Crippen molar-refractivity contribution < 1.29 is 19.1 Å². The van der Waals surface area contributed by atoms with Crippen molar-refractivity contribution in [3.05, 3.63) is 59.8 Å². The lowest BCUT2D eigenvalue weighted by atomic mass is 10.2. The summed E-state index contributed by atoms with van der Waals surface area (Å²) in [4.78, 5) is 23.4. The second kappa shape index (κ2) is 8.77. The van der Waals surface area contributed by atoms with E-state index in [1.165, 1.54) is 36.2 Å². The molecule has 8 nitrogen and oxygen atoms in total. The van der Waals surface area contributed by atoms with Crippen LogP contribution in [-0.4, -0.2) is 37.5 Å². The van der Waals surface area contributed by atoms with Crippen LogP contribution in [0.1, 0.15) is 10.4 Å². The lowest BCUT2D eigenvalue weighted by Gasteiger charge is -2.09. The predicted molar refractivity (Wildman–Crippen MR) is 106 cm³/mol. The van der Waals surface area contributed by atoms with E-state index >= 15 is 0 Å². The third kappa shape index (κ3) is 4.44. The average Bonchev–Trinajstić information content (AvgIpc) is 3.32. The smallest absolute Gasteiger partial charge is 0.335 e. The number of amides is 1. The number of carbonyl (C=O) groups excluding carboxylic acids is 1. The number of hydrogen-bond donors (Lipinski definition) is 2. The number of benzene rings is 1. The molecule has 0 aliphatic carbocycles. The van der Waals surface area contributed by atoms with E-state index in [0.29, 0.717) is 23.3 Å². The fourth-order valence-electron chi connectivity index (χ4n) is 2.35. The standard InChI is InChI=1S/C18H15ClN4O4S/c1-2-7-23-16(14-4-3-8-27-14)21-22-18(23)28-10-15(24)20-13-9-11(17(25)26)5-6-12(13)19/h2-6,8-9H,1,7,10H2,(H,20,24)(H,25,26). The van der Waals surface area contributed by atoms with Crippen LogP contribution in [0.5, 0.6) is 0 Å². The van der Waals surface area contributed by atoms with Gasteiger partial charge in [0.15, 0.2) is 10.9 Å². The number of allylic oxidation sites excluding steroid dienone is 1. The highest BCUT2D eigenvalue weighted by Crippen LogP contribution is 2.26. The third-order valence-electron chi connectivity index (χ3n) is 3.59. The Balaban J connectivity index is 1.71. The molecule has 0 aliphatic heterocycles. The van der Waals surface area contributed by atoms with Crippen molar-refractivity contribution in [2.45, 2.75) is 11.7 Å². The van der Waals surface area contributed by atoms with E-state index in [-0.39, 0.29) is 27.9 Å². The van der Waals surface area contributed by atoms with Crippen molar-refractivity contribution in [2.24, 2.45) is 0 Å². The summed E-state index contributed by atoms with van der Waals surface area (Å²) >= 11 is 7.20. The summed E-state index contributed by atoms with van der Waals surface area (Å²) in [6.45, 7) is 4.17. The van der Waals surface area contributed by atoms with Gasteiger partial charge in [-0.1, -0.05) is 29.4 Å². The summed E-state index contributed by atoms with van der Waals surface area (Å²) in [5.41, 5.74) is 0.261. The van der Waals surface area contributed by atoms with Crippen molar-refractivity contribution in [2.75, 3.05) is 11.1 Å². The Morgan fingerprint density at radius 1 is 1.36 bits per heavy atom. The first-order valence-corrected chi connectivity index (χ1v) is 9.39. The van der Waals surface area contributed by atoms with Crippen molar-refractivity contribution in [3.63, 3.8) is 0 Å². The van der Waals surface area contributed by atoms with Gasteiger partial charge in [0, 0.05) is 6.54 Å². The maximum Gasteiger partial charge on any atom is 0.335 e. The summed E-state index contributed by atoms with van der Waals surface area (Å²) in [5, 5.41) is 20.7. The SMILES string of the molecule is C=CCn1c(SCC(=O)Nc2cc(C(=O)O)ccc2Cl)nnc1-c1ccco1. The molecule has 2 heterocycles. The molecule has 0 aliphatic rings. The summed E-state index contributed by atoms with van der Waals surface area (Å²) in [7, 11) is 0. The molecule has 3 rings (SSSR count). The highest BCUT2D eigenvalue weighted by Gasteiger charge is 2.17. The molecule has 0 fully saturated rings. The molecule has 2 N–H and O–H groups in total. The van der Waals surface area contributed by atoms with Gasteiger partial charge in [0.1, 0.15) is 0 Å². The molecular formula is C18H15ClN4O4S. The van der Waals surface area contributed by atoms with Crippen LogP contribution in [0.25, 0.3) is 11.6 Å². The van der Waals surface area contributed by atoms with E-state index in [0.717, 1.165) is 0 Å². The minimum atomic E-state index is -1.11. The Bertz CT molecular complexity index is 1020. The Kier molecular flexibility index (Phi) is 6.17. The largest absolute Gasteiger partial charge is 0.478 e. The number of halogens is 1. The number of aromatic carboxylic acids is 1. The average molecular weight is 419 g/mol. The van der Waals surface area contributed by atoms with Gasteiger partial charge in [-0.15, -0.1) is 16.8 Å². The third-order valence-corrected chi connectivity index (χ3v) is 4.89. The molecule has 1 aromatic carbocycles. The van der Waals surface area contributed by atoms with E-state index in [1.54, 1.807) is 22.8 Å². The van der Waals surface area contributed by atoms with Gasteiger partial charge in [-0.2, -0.15) is 0 Å². The van der Waals surface area contributed by atoms with Crippen LogP contribution in [0, 0.1) is 0 Å². The van der Waals surface area contributed by atoms with Gasteiger partial charge in [-0.3, -0.25) is 9.36 Å². The van der Waals surface area contributed by atoms with Crippen molar-refractivity contribution in [1.82, 2.24) is 14.8 Å². The van der Waals surface area contributed by atoms with E-state index < -0.39 is 5.97 Å². The number of anilines is 1. The van der Waals surface area contributed by atoms with E-state index in [2.05, 4.69) is 22.1 Å². The topological polar surface area (TPSA) is 110 Å². The molecule has 0 unspecified atom stereocenters. The molecule has 144 valence electrons. The molecule has 3 aromatic rings. The first-order valence-electron chi connectivity index (χ1n) is 8.03. The normalized spacial score (nSPS) is 10.6. The van der Waals surface area contributed by atoms with E-state index in [1.807, 2.05) is 0 Å². The summed E-state index contributed by atoms with van der Waals surface area (Å²) < 4.78 is 7.14. The fraction of sp³-hybridized carbons (Fsp3) is 0.111. The molecule has 28 heavy (non-hydrogen) atoms. The Labute approximate surface area is 169 Å². The number of rotatable bonds is 8. The van der Waals surface area contributed by atoms with Crippen molar-refractivity contribution >= 4 is 40.9 Å². The Hall–Kier alpha value is -3.04. The van der Waals surface area contributed by atoms with Gasteiger partial charge >= 0.3 is 5.97 Å². The number of furan rings is 1. The molecular weight excluding hydrogens is 404 g/mol. The fourth-order valence-corrected chi connectivity index (χ4v) is 3.26. The number of thioether (sulfide) groups is 1. The van der Waals surface area contributed by atoms with Gasteiger partial charge in [0.25, 0.3) is 0 Å². The highest BCUT2D eigenvalue weighted by molar-refractivity contribution is 7.99. The minimum Gasteiger partial charge on any atom is -0.478 e. The number of aromatic nitrogens is 3. The Morgan fingerprint density at radius 3 is 2.86 bits per heavy atom. The molecule has 0 radical (unpaired) electrons. The molecule has 2 aromatic heterocycles. The van der Waals surface area contributed by atoms with Gasteiger partial charge in [-0.25, -0.2) is 4.79 Å². The molecule has 10 heteroatoms. The maximum atomic E-state index is 12.3. The van der Waals surface area contributed by atoms with Gasteiger partial charge < -0.3 is 14.8 Å². The molecule has 0 saturated heterocycles. The zero-order valence-electron chi connectivity index (χ0n) is 14.5. The zero-order valence-corrected chi connectivity index (χ0v) is 16.0. The monoisotopic (exact) mass is 418 g/mol. The summed E-state index contributed by atoms with van der Waals surface area (Å²) in [6, 6.07) is 7.61. The van der Waals surface area contributed by atoms with Crippen LogP contribution in [-0.2, 0) is 11.3 Å². The highest BCUT2D eigenvalue weighted by atomic mass is 35.5. The number of carbonyl (C=O) groups is 2. The molecule has 0 atom stereocenters. The number of carboxylic acids is 1. The first kappa shape index (κ1) is 19.7. The molecule has 0 bridgehead atoms. The predicted octanol–water partition coefficient (Wildman–Crippen LogP) is 3.81. The van der Waals surface area contributed by atoms with Crippen LogP contribution in [0.2, 0.25) is 5.02 Å². The second-order valence-corrected chi connectivity index (χ2v) is 6.87. The van der Waals surface area contributed by atoms with Crippen LogP contribution < -0.4 is 5.32 Å². The lowest BCUT2D eigenvalue weighted by Crippen LogP contribution is -2.15. The van der Waals surface area contributed by atoms with Gasteiger partial charge in [-0.05, 0) is 30.3 Å². The van der Waals surface area contributed by atoms with E-state index in [4.69, 9.17) is 21.1 Å². The molecule has 0 spiro atoms. The number of hydrogen-bond acceptors (Lipinski definition) is 6. The van der Waals surface area contributed by atoms with Crippen LogP contribution in [0.4, 0.5) is 5.69 Å². The number of carboxylic acid groups (broad SMARTS) is 1. The minimum absolute atomic E-state index is 0.0288. The Morgan fingerprint density at radius 2 is 2.18 bits per heavy atom. The lowest BCUT2D eigenvalue weighted by molar-refractivity contribution is -0.113. The molecule has 0 saturated carbocycles. The second-order valence-electron chi connectivity index (χ2n) is 5.52. The van der Waals surface area contributed by atoms with Crippen LogP contribution in [0.3, 0.4) is 0 Å². The maximum absolute atomic E-state index is 12.3. The van der Waals surface area contributed by atoms with Gasteiger partial charge in [0.05, 0.1) is 28.3 Å². The first-order chi connectivity index (χ1) is 13.5. The van der Waals surface area contributed by atoms with Gasteiger partial charge in [0.2, 0.25) is 11.7 Å². The van der Waals surface area contributed by atoms with Crippen molar-refractivity contribution in [3.8, 4) is 11.6 Å². The van der Waals surface area contributed by atoms with Crippen molar-refractivity contribution in [1.29, 1.82) is 0 Å². The van der Waals surface area contributed by atoms with Crippen LogP contribution >= 0.6 is 23.4 Å². The quantitative estimate of drug-likeness (QED) is 0.422. The zero-order chi connectivity index (χ0) is 20.1. The summed E-state index contributed by atoms with van der Waals surface area (Å²) in [6.07, 6.45) is 3.23. The number of nitrogens with one attached hydrogen (secondary N) is 1.